The van der Waals surface area contributed by atoms with E-state index in [-0.39, 0.29) is 5.88 Å². The van der Waals surface area contributed by atoms with Crippen LogP contribution in [0.3, 0.4) is 0 Å². The zero-order valence-corrected chi connectivity index (χ0v) is 13.1. The highest BCUT2D eigenvalue weighted by Gasteiger charge is 2.09. The van der Waals surface area contributed by atoms with Crippen LogP contribution in [0.15, 0.2) is 63.4 Å². The number of aromatic nitrogens is 1. The summed E-state index contributed by atoms with van der Waals surface area (Å²) in [5.74, 6) is 0.0923. The number of thiazole rings is 1. The maximum Gasteiger partial charge on any atom is 0.433 e. The van der Waals surface area contributed by atoms with E-state index in [1.54, 1.807) is 12.2 Å². The predicted molar refractivity (Wildman–Crippen MR) is 94.1 cm³/mol. The van der Waals surface area contributed by atoms with Crippen molar-refractivity contribution >= 4 is 34.6 Å². The Hall–Kier alpha value is -3.26. The lowest BCUT2D eigenvalue weighted by atomic mass is 10.2. The third-order valence-electron chi connectivity index (χ3n) is 2.95. The molecule has 0 saturated carbocycles. The van der Waals surface area contributed by atoms with Crippen molar-refractivity contribution < 1.29 is 9.34 Å². The number of anilines is 1. The van der Waals surface area contributed by atoms with Gasteiger partial charge in [-0.15, -0.1) is 11.3 Å². The van der Waals surface area contributed by atoms with Crippen LogP contribution in [0.25, 0.3) is 17.3 Å². The van der Waals surface area contributed by atoms with Gasteiger partial charge in [-0.25, -0.2) is 4.98 Å². The van der Waals surface area contributed by atoms with Crippen LogP contribution < -0.4 is 5.43 Å². The Morgan fingerprint density at radius 1 is 1.25 bits per heavy atom. The molecule has 2 heterocycles. The molecule has 0 aliphatic rings. The maximum absolute atomic E-state index is 10.5. The van der Waals surface area contributed by atoms with E-state index in [0.717, 1.165) is 11.3 Å². The van der Waals surface area contributed by atoms with Gasteiger partial charge < -0.3 is 4.42 Å². The smallest absolute Gasteiger partial charge is 0.401 e. The molecule has 0 aliphatic heterocycles. The molecule has 8 heteroatoms. The van der Waals surface area contributed by atoms with Gasteiger partial charge in [0.15, 0.2) is 0 Å². The zero-order chi connectivity index (χ0) is 16.8. The van der Waals surface area contributed by atoms with Crippen molar-refractivity contribution in [1.29, 1.82) is 0 Å². The predicted octanol–water partition coefficient (Wildman–Crippen LogP) is 4.42. The molecule has 0 bridgehead atoms. The SMILES string of the molecule is O=[N+]([O-])c1ccc(/C=C/C=N/Nc2nc(-c3ccccc3)cs2)o1. The topological polar surface area (TPSA) is 93.6 Å². The molecule has 1 N–H and O–H groups in total. The van der Waals surface area contributed by atoms with Crippen LogP contribution in [-0.2, 0) is 0 Å². The minimum Gasteiger partial charge on any atom is -0.401 e. The summed E-state index contributed by atoms with van der Waals surface area (Å²) in [6.45, 7) is 0. The Kier molecular flexibility index (Phi) is 4.78. The standard InChI is InChI=1S/C16H12N4O3S/c21-20(22)15-9-8-13(23-15)7-4-10-17-19-16-18-14(11-24-16)12-5-2-1-3-6-12/h1-11H,(H,18,19)/b7-4+,17-10+. The molecular formula is C16H12N4O3S. The van der Waals surface area contributed by atoms with Gasteiger partial charge in [-0.05, 0) is 18.2 Å². The van der Waals surface area contributed by atoms with Crippen LogP contribution in [0.2, 0.25) is 0 Å². The molecule has 0 saturated heterocycles. The average Bonchev–Trinajstić information content (AvgIpc) is 3.25. The van der Waals surface area contributed by atoms with Crippen LogP contribution in [-0.4, -0.2) is 16.1 Å². The molecule has 0 radical (unpaired) electrons. The second-order valence-corrected chi connectivity index (χ2v) is 5.44. The summed E-state index contributed by atoms with van der Waals surface area (Å²) in [6, 6.07) is 12.7. The van der Waals surface area contributed by atoms with E-state index in [1.165, 1.54) is 29.7 Å². The number of rotatable bonds is 6. The molecular weight excluding hydrogens is 328 g/mol. The zero-order valence-electron chi connectivity index (χ0n) is 12.3. The molecule has 0 spiro atoms. The average molecular weight is 340 g/mol. The normalized spacial score (nSPS) is 11.3. The van der Waals surface area contributed by atoms with Crippen molar-refractivity contribution in [1.82, 2.24) is 4.98 Å². The van der Waals surface area contributed by atoms with Crippen LogP contribution in [0.5, 0.6) is 0 Å². The second kappa shape index (κ2) is 7.34. The van der Waals surface area contributed by atoms with Gasteiger partial charge in [0.25, 0.3) is 0 Å². The van der Waals surface area contributed by atoms with Gasteiger partial charge in [0.05, 0.1) is 11.8 Å². The van der Waals surface area contributed by atoms with Gasteiger partial charge in [0, 0.05) is 17.2 Å². The summed E-state index contributed by atoms with van der Waals surface area (Å²) in [5, 5.41) is 17.1. The molecule has 1 aromatic carbocycles. The van der Waals surface area contributed by atoms with Crippen molar-refractivity contribution in [2.24, 2.45) is 5.10 Å². The Morgan fingerprint density at radius 2 is 2.08 bits per heavy atom. The Morgan fingerprint density at radius 3 is 2.83 bits per heavy atom. The molecule has 3 aromatic rings. The minimum absolute atomic E-state index is 0.291. The second-order valence-electron chi connectivity index (χ2n) is 4.59. The molecule has 0 atom stereocenters. The van der Waals surface area contributed by atoms with Gasteiger partial charge in [-0.2, -0.15) is 5.10 Å². The quantitative estimate of drug-likeness (QED) is 0.407. The first-order valence-electron chi connectivity index (χ1n) is 6.93. The van der Waals surface area contributed by atoms with Gasteiger partial charge in [-0.3, -0.25) is 15.5 Å². The number of nitrogens with one attached hydrogen (secondary N) is 1. The lowest BCUT2D eigenvalue weighted by Gasteiger charge is -1.94. The Labute approximate surface area is 141 Å². The Bertz CT molecular complexity index is 884. The number of furan rings is 1. The first kappa shape index (κ1) is 15.6. The summed E-state index contributed by atoms with van der Waals surface area (Å²) >= 11 is 1.45. The van der Waals surface area contributed by atoms with Crippen molar-refractivity contribution in [3.63, 3.8) is 0 Å². The highest BCUT2D eigenvalue weighted by molar-refractivity contribution is 7.14. The van der Waals surface area contributed by atoms with Crippen LogP contribution in [0, 0.1) is 10.1 Å². The summed E-state index contributed by atoms with van der Waals surface area (Å²) in [7, 11) is 0. The molecule has 24 heavy (non-hydrogen) atoms. The summed E-state index contributed by atoms with van der Waals surface area (Å²) in [4.78, 5) is 14.3. The number of hydrogen-bond acceptors (Lipinski definition) is 7. The van der Waals surface area contributed by atoms with Crippen molar-refractivity contribution in [2.45, 2.75) is 0 Å². The largest absolute Gasteiger partial charge is 0.433 e. The Balaban J connectivity index is 1.55. The van der Waals surface area contributed by atoms with E-state index in [9.17, 15) is 10.1 Å². The fourth-order valence-corrected chi connectivity index (χ4v) is 2.54. The number of benzene rings is 1. The van der Waals surface area contributed by atoms with Crippen molar-refractivity contribution in [3.8, 4) is 11.3 Å². The highest BCUT2D eigenvalue weighted by Crippen LogP contribution is 2.24. The number of hydrazone groups is 1. The molecule has 120 valence electrons. The highest BCUT2D eigenvalue weighted by atomic mass is 32.1. The van der Waals surface area contributed by atoms with Crippen LogP contribution in [0.1, 0.15) is 5.76 Å². The summed E-state index contributed by atoms with van der Waals surface area (Å²) < 4.78 is 4.98. The molecule has 0 aliphatic carbocycles. The monoisotopic (exact) mass is 340 g/mol. The molecule has 0 amide bonds. The number of nitro groups is 1. The van der Waals surface area contributed by atoms with E-state index < -0.39 is 4.92 Å². The van der Waals surface area contributed by atoms with E-state index in [4.69, 9.17) is 4.42 Å². The van der Waals surface area contributed by atoms with Crippen molar-refractivity contribution in [3.05, 3.63) is 69.8 Å². The van der Waals surface area contributed by atoms with Gasteiger partial charge in [-0.1, -0.05) is 30.3 Å². The van der Waals surface area contributed by atoms with Gasteiger partial charge in [0.1, 0.15) is 10.7 Å². The lowest BCUT2D eigenvalue weighted by molar-refractivity contribution is -0.402. The molecule has 2 aromatic heterocycles. The number of hydrogen-bond donors (Lipinski definition) is 1. The maximum atomic E-state index is 10.5. The molecule has 0 unspecified atom stereocenters. The first-order valence-corrected chi connectivity index (χ1v) is 7.81. The number of allylic oxidation sites excluding steroid dienone is 1. The van der Waals surface area contributed by atoms with E-state index >= 15 is 0 Å². The fraction of sp³-hybridized carbons (Fsp3) is 0. The van der Waals surface area contributed by atoms with Crippen LogP contribution >= 0.6 is 11.3 Å². The van der Waals surface area contributed by atoms with Crippen LogP contribution in [0.4, 0.5) is 11.0 Å². The van der Waals surface area contributed by atoms with Crippen molar-refractivity contribution in [2.75, 3.05) is 5.43 Å². The van der Waals surface area contributed by atoms with E-state index in [0.29, 0.717) is 10.9 Å². The third-order valence-corrected chi connectivity index (χ3v) is 3.69. The van der Waals surface area contributed by atoms with E-state index in [2.05, 4.69) is 15.5 Å². The molecule has 3 rings (SSSR count). The summed E-state index contributed by atoms with van der Waals surface area (Å²) in [6.07, 6.45) is 4.70. The molecule has 7 nitrogen and oxygen atoms in total. The fourth-order valence-electron chi connectivity index (χ4n) is 1.87. The van der Waals surface area contributed by atoms with Gasteiger partial charge in [0.2, 0.25) is 5.13 Å². The first-order chi connectivity index (χ1) is 11.7. The molecule has 0 fully saturated rings. The minimum atomic E-state index is -0.584. The lowest BCUT2D eigenvalue weighted by Crippen LogP contribution is -1.87. The van der Waals surface area contributed by atoms with Gasteiger partial charge >= 0.3 is 5.88 Å². The number of nitrogens with zero attached hydrogens (tertiary/aromatic N) is 3. The summed E-state index contributed by atoms with van der Waals surface area (Å²) in [5.41, 5.74) is 4.76. The van der Waals surface area contributed by atoms with E-state index in [1.807, 2.05) is 35.7 Å². The third kappa shape index (κ3) is 3.93.